The number of amides is 1. The second-order valence-electron chi connectivity index (χ2n) is 5.74. The normalized spacial score (nSPS) is 12.5. The van der Waals surface area contributed by atoms with Crippen molar-refractivity contribution in [1.82, 2.24) is 5.32 Å². The topological polar surface area (TPSA) is 81.7 Å². The van der Waals surface area contributed by atoms with Crippen LogP contribution in [-0.4, -0.2) is 30.0 Å². The lowest BCUT2D eigenvalue weighted by Crippen LogP contribution is -2.41. The molecule has 0 spiro atoms. The van der Waals surface area contributed by atoms with Gasteiger partial charge in [0, 0.05) is 5.56 Å². The number of benzene rings is 2. The van der Waals surface area contributed by atoms with Crippen molar-refractivity contribution >= 4 is 17.8 Å². The number of esters is 1. The predicted molar refractivity (Wildman–Crippen MR) is 95.6 cm³/mol. The fourth-order valence-electron chi connectivity index (χ4n) is 2.17. The van der Waals surface area contributed by atoms with E-state index in [1.54, 1.807) is 30.3 Å². The van der Waals surface area contributed by atoms with Gasteiger partial charge >= 0.3 is 12.1 Å². The Morgan fingerprint density at radius 1 is 0.923 bits per heavy atom. The van der Waals surface area contributed by atoms with Gasteiger partial charge < -0.3 is 14.8 Å². The van der Waals surface area contributed by atoms with Gasteiger partial charge in [-0.25, -0.2) is 9.59 Å². The van der Waals surface area contributed by atoms with Crippen molar-refractivity contribution in [3.05, 3.63) is 71.8 Å². The van der Waals surface area contributed by atoms with Crippen molar-refractivity contribution in [2.45, 2.75) is 32.6 Å². The highest BCUT2D eigenvalue weighted by Gasteiger charge is 2.24. The molecule has 6 nitrogen and oxygen atoms in total. The summed E-state index contributed by atoms with van der Waals surface area (Å²) in [5, 5.41) is 2.39. The first-order valence-electron chi connectivity index (χ1n) is 8.24. The summed E-state index contributed by atoms with van der Waals surface area (Å²) in [5.74, 6) is -1.02. The molecule has 2 rings (SSSR count). The standard InChI is InChI=1S/C20H21NO5/c1-14(21-20(24)25-13-16-9-5-3-6-10-16)19(23)26-15(2)18(22)17-11-7-4-8-12-17/h3-12,14-15H,13H2,1-2H3,(H,21,24)/t14-,15+/m0/s1. The van der Waals surface area contributed by atoms with Crippen LogP contribution in [0.5, 0.6) is 0 Å². The Morgan fingerprint density at radius 2 is 1.50 bits per heavy atom. The zero-order chi connectivity index (χ0) is 18.9. The van der Waals surface area contributed by atoms with E-state index in [1.807, 2.05) is 30.3 Å². The molecule has 0 radical (unpaired) electrons. The molecule has 0 unspecified atom stereocenters. The molecule has 6 heteroatoms. The van der Waals surface area contributed by atoms with E-state index in [2.05, 4.69) is 5.32 Å². The van der Waals surface area contributed by atoms with Crippen molar-refractivity contribution in [1.29, 1.82) is 0 Å². The van der Waals surface area contributed by atoms with Crippen LogP contribution in [0.25, 0.3) is 0 Å². The molecule has 0 aromatic heterocycles. The molecule has 26 heavy (non-hydrogen) atoms. The van der Waals surface area contributed by atoms with Gasteiger partial charge in [-0.15, -0.1) is 0 Å². The lowest BCUT2D eigenvalue weighted by Gasteiger charge is -2.17. The lowest BCUT2D eigenvalue weighted by atomic mass is 10.1. The second-order valence-corrected chi connectivity index (χ2v) is 5.74. The summed E-state index contributed by atoms with van der Waals surface area (Å²) in [4.78, 5) is 36.0. The van der Waals surface area contributed by atoms with Gasteiger partial charge in [0.15, 0.2) is 6.10 Å². The van der Waals surface area contributed by atoms with Crippen molar-refractivity contribution in [3.8, 4) is 0 Å². The summed E-state index contributed by atoms with van der Waals surface area (Å²) in [6.07, 6.45) is -1.69. The van der Waals surface area contributed by atoms with Crippen LogP contribution in [0, 0.1) is 0 Å². The third-order valence-electron chi connectivity index (χ3n) is 3.62. The van der Waals surface area contributed by atoms with E-state index in [9.17, 15) is 14.4 Å². The summed E-state index contributed by atoms with van der Waals surface area (Å²) in [6.45, 7) is 3.05. The van der Waals surface area contributed by atoms with Crippen LogP contribution >= 0.6 is 0 Å². The largest absolute Gasteiger partial charge is 0.453 e. The molecule has 136 valence electrons. The molecule has 0 aliphatic heterocycles. The van der Waals surface area contributed by atoms with E-state index in [4.69, 9.17) is 9.47 Å². The third kappa shape index (κ3) is 5.73. The first-order valence-corrected chi connectivity index (χ1v) is 8.24. The van der Waals surface area contributed by atoms with Crippen LogP contribution in [0.2, 0.25) is 0 Å². The first-order chi connectivity index (χ1) is 12.5. The number of hydrogen-bond donors (Lipinski definition) is 1. The van der Waals surface area contributed by atoms with Gasteiger partial charge in [0.05, 0.1) is 0 Å². The molecule has 0 saturated heterocycles. The Bertz CT molecular complexity index is 745. The molecule has 1 amide bonds. The van der Waals surface area contributed by atoms with Gasteiger partial charge in [0.25, 0.3) is 0 Å². The van der Waals surface area contributed by atoms with Crippen LogP contribution in [0.15, 0.2) is 60.7 Å². The highest BCUT2D eigenvalue weighted by Crippen LogP contribution is 2.07. The molecule has 1 N–H and O–H groups in total. The van der Waals surface area contributed by atoms with E-state index in [0.29, 0.717) is 5.56 Å². The Labute approximate surface area is 152 Å². The van der Waals surface area contributed by atoms with Gasteiger partial charge in [-0.2, -0.15) is 0 Å². The van der Waals surface area contributed by atoms with Crippen molar-refractivity contribution in [3.63, 3.8) is 0 Å². The van der Waals surface area contributed by atoms with Crippen LogP contribution in [0.1, 0.15) is 29.8 Å². The summed E-state index contributed by atoms with van der Waals surface area (Å²) in [6, 6.07) is 16.8. The number of nitrogens with one attached hydrogen (secondary N) is 1. The van der Waals surface area contributed by atoms with Gasteiger partial charge in [0.2, 0.25) is 5.78 Å². The van der Waals surface area contributed by atoms with E-state index in [-0.39, 0.29) is 12.4 Å². The summed E-state index contributed by atoms with van der Waals surface area (Å²) in [7, 11) is 0. The summed E-state index contributed by atoms with van der Waals surface area (Å²) >= 11 is 0. The Hall–Kier alpha value is -3.15. The van der Waals surface area contributed by atoms with E-state index >= 15 is 0 Å². The number of carbonyl (C=O) groups is 3. The molecule has 0 saturated carbocycles. The fourth-order valence-corrected chi connectivity index (χ4v) is 2.17. The molecular formula is C20H21NO5. The average Bonchev–Trinajstić information content (AvgIpc) is 2.67. The number of rotatable bonds is 7. The number of ether oxygens (including phenoxy) is 2. The third-order valence-corrected chi connectivity index (χ3v) is 3.62. The van der Waals surface area contributed by atoms with Crippen LogP contribution < -0.4 is 5.32 Å². The maximum Gasteiger partial charge on any atom is 0.408 e. The minimum Gasteiger partial charge on any atom is -0.453 e. The van der Waals surface area contributed by atoms with Gasteiger partial charge in [-0.05, 0) is 19.4 Å². The smallest absolute Gasteiger partial charge is 0.408 e. The lowest BCUT2D eigenvalue weighted by molar-refractivity contribution is -0.148. The van der Waals surface area contributed by atoms with E-state index < -0.39 is 24.2 Å². The summed E-state index contributed by atoms with van der Waals surface area (Å²) in [5.41, 5.74) is 1.29. The van der Waals surface area contributed by atoms with Gasteiger partial charge in [-0.1, -0.05) is 60.7 Å². The molecular weight excluding hydrogens is 334 g/mol. The fraction of sp³-hybridized carbons (Fsp3) is 0.250. The molecule has 2 atom stereocenters. The second kappa shape index (κ2) is 9.36. The predicted octanol–water partition coefficient (Wildman–Crippen LogP) is 3.12. The molecule has 0 fully saturated rings. The summed E-state index contributed by atoms with van der Waals surface area (Å²) < 4.78 is 10.2. The maximum atomic E-state index is 12.2. The minimum absolute atomic E-state index is 0.0946. The zero-order valence-electron chi connectivity index (χ0n) is 14.7. The molecule has 0 aliphatic carbocycles. The first kappa shape index (κ1) is 19.2. The molecule has 2 aromatic rings. The monoisotopic (exact) mass is 355 g/mol. The van der Waals surface area contributed by atoms with Gasteiger partial charge in [0.1, 0.15) is 12.6 Å². The number of hydrogen-bond acceptors (Lipinski definition) is 5. The average molecular weight is 355 g/mol. The molecule has 0 bridgehead atoms. The number of carbonyl (C=O) groups excluding carboxylic acids is 3. The maximum absolute atomic E-state index is 12.2. The van der Waals surface area contributed by atoms with E-state index in [0.717, 1.165) is 5.56 Å². The zero-order valence-corrected chi connectivity index (χ0v) is 14.7. The van der Waals surface area contributed by atoms with Crippen molar-refractivity contribution in [2.75, 3.05) is 0 Å². The van der Waals surface area contributed by atoms with Crippen molar-refractivity contribution < 1.29 is 23.9 Å². The number of alkyl carbamates (subject to hydrolysis) is 1. The van der Waals surface area contributed by atoms with Crippen LogP contribution in [0.3, 0.4) is 0 Å². The Morgan fingerprint density at radius 3 is 2.12 bits per heavy atom. The molecule has 0 aliphatic rings. The van der Waals surface area contributed by atoms with Crippen LogP contribution in [-0.2, 0) is 20.9 Å². The molecule has 0 heterocycles. The van der Waals surface area contributed by atoms with E-state index in [1.165, 1.54) is 13.8 Å². The van der Waals surface area contributed by atoms with Crippen molar-refractivity contribution in [2.24, 2.45) is 0 Å². The highest BCUT2D eigenvalue weighted by molar-refractivity contribution is 6.00. The Kier molecular flexibility index (Phi) is 6.91. The van der Waals surface area contributed by atoms with Crippen LogP contribution in [0.4, 0.5) is 4.79 Å². The minimum atomic E-state index is -0.950. The number of Topliss-reactive ketones (excluding diaryl/α,β-unsaturated/α-hetero) is 1. The highest BCUT2D eigenvalue weighted by atomic mass is 16.6. The SMILES string of the molecule is C[C@H](NC(=O)OCc1ccccc1)C(=O)O[C@H](C)C(=O)c1ccccc1. The molecule has 2 aromatic carbocycles. The number of ketones is 1. The van der Waals surface area contributed by atoms with Gasteiger partial charge in [-0.3, -0.25) is 4.79 Å². The Balaban J connectivity index is 1.79. The quantitative estimate of drug-likeness (QED) is 0.610.